The molecule has 1 aliphatic carbocycles. The Morgan fingerprint density at radius 2 is 2.00 bits per heavy atom. The number of benzene rings is 1. The van der Waals surface area contributed by atoms with Crippen molar-refractivity contribution >= 4 is 5.91 Å². The van der Waals surface area contributed by atoms with Crippen molar-refractivity contribution in [3.05, 3.63) is 29.3 Å². The zero-order valence-corrected chi connectivity index (χ0v) is 15.9. The molecule has 1 unspecified atom stereocenters. The Balaban J connectivity index is 1.88. The van der Waals surface area contributed by atoms with Gasteiger partial charge in [-0.25, -0.2) is 0 Å². The van der Waals surface area contributed by atoms with Gasteiger partial charge in [-0.1, -0.05) is 45.7 Å². The number of nitrogens with one attached hydrogen (secondary N) is 1. The van der Waals surface area contributed by atoms with Gasteiger partial charge in [0.25, 0.3) is 0 Å². The van der Waals surface area contributed by atoms with Gasteiger partial charge in [-0.05, 0) is 42.4 Å². The smallest absolute Gasteiger partial charge is 0.237 e. The summed E-state index contributed by atoms with van der Waals surface area (Å²) >= 11 is 0. The molecule has 5 heteroatoms. The number of aliphatic hydroxyl groups is 1. The molecule has 1 fully saturated rings. The molecule has 140 valence electrons. The molecule has 1 aromatic carbocycles. The summed E-state index contributed by atoms with van der Waals surface area (Å²) in [6, 6.07) is 6.14. The van der Waals surface area contributed by atoms with Crippen LogP contribution < -0.4 is 15.8 Å². The summed E-state index contributed by atoms with van der Waals surface area (Å²) in [7, 11) is 0. The first-order valence-electron chi connectivity index (χ1n) is 9.11. The molecule has 2 rings (SSSR count). The number of primary amides is 1. The standard InChI is InChI=1S/C20H32N2O3/c1-14-11-15(19(2,3)4)7-8-17(14)25-13-16(23)12-22-20(18(21)24)9-5-6-10-20/h7-8,11,16,22-23H,5-6,9-10,12-13H2,1-4H3,(H2,21,24). The molecular formula is C20H32N2O3. The van der Waals surface area contributed by atoms with Gasteiger partial charge in [-0.15, -0.1) is 0 Å². The van der Waals surface area contributed by atoms with E-state index >= 15 is 0 Å². The van der Waals surface area contributed by atoms with Crippen LogP contribution in [0.1, 0.15) is 57.6 Å². The van der Waals surface area contributed by atoms with Gasteiger partial charge in [0.1, 0.15) is 18.5 Å². The number of carbonyl (C=O) groups is 1. The number of aryl methyl sites for hydroxylation is 1. The van der Waals surface area contributed by atoms with E-state index in [1.54, 1.807) is 0 Å². The summed E-state index contributed by atoms with van der Waals surface area (Å²) in [6.07, 6.45) is 2.76. The highest BCUT2D eigenvalue weighted by atomic mass is 16.5. The second-order valence-electron chi connectivity index (χ2n) is 8.23. The van der Waals surface area contributed by atoms with E-state index in [1.807, 2.05) is 13.0 Å². The Labute approximate surface area is 150 Å². The maximum atomic E-state index is 11.7. The van der Waals surface area contributed by atoms with Crippen LogP contribution in [0.3, 0.4) is 0 Å². The Kier molecular flexibility index (Phi) is 6.12. The SMILES string of the molecule is Cc1cc(C(C)(C)C)ccc1OCC(O)CNC1(C(N)=O)CCCC1. The summed E-state index contributed by atoms with van der Waals surface area (Å²) in [5.41, 5.74) is 7.28. The van der Waals surface area contributed by atoms with Gasteiger partial charge in [0, 0.05) is 6.54 Å². The molecule has 1 saturated carbocycles. The Morgan fingerprint density at radius 3 is 2.52 bits per heavy atom. The lowest BCUT2D eigenvalue weighted by Gasteiger charge is -2.28. The van der Waals surface area contributed by atoms with Gasteiger partial charge in [0.05, 0.1) is 5.54 Å². The molecule has 1 atom stereocenters. The van der Waals surface area contributed by atoms with Gasteiger partial charge in [0.15, 0.2) is 0 Å². The fourth-order valence-electron chi connectivity index (χ4n) is 3.32. The number of nitrogens with two attached hydrogens (primary N) is 1. The van der Waals surface area contributed by atoms with Gasteiger partial charge in [0.2, 0.25) is 5.91 Å². The van der Waals surface area contributed by atoms with Crippen molar-refractivity contribution in [3.8, 4) is 5.75 Å². The van der Waals surface area contributed by atoms with Crippen molar-refractivity contribution in [2.75, 3.05) is 13.2 Å². The van der Waals surface area contributed by atoms with Crippen LogP contribution in [0.25, 0.3) is 0 Å². The predicted octanol–water partition coefficient (Wildman–Crippen LogP) is 2.42. The van der Waals surface area contributed by atoms with Gasteiger partial charge in [-0.2, -0.15) is 0 Å². The summed E-state index contributed by atoms with van der Waals surface area (Å²) in [5, 5.41) is 13.4. The molecule has 1 aromatic rings. The molecule has 0 saturated heterocycles. The summed E-state index contributed by atoms with van der Waals surface area (Å²) in [6.45, 7) is 9.01. The van der Waals surface area contributed by atoms with E-state index in [-0.39, 0.29) is 17.9 Å². The minimum absolute atomic E-state index is 0.0943. The van der Waals surface area contributed by atoms with Crippen molar-refractivity contribution in [2.45, 2.75) is 70.4 Å². The minimum Gasteiger partial charge on any atom is -0.491 e. The molecule has 1 aliphatic rings. The number of amides is 1. The summed E-state index contributed by atoms with van der Waals surface area (Å²) < 4.78 is 5.77. The van der Waals surface area contributed by atoms with E-state index in [1.165, 1.54) is 5.56 Å². The zero-order valence-electron chi connectivity index (χ0n) is 15.9. The van der Waals surface area contributed by atoms with Crippen molar-refractivity contribution in [1.82, 2.24) is 5.32 Å². The molecular weight excluding hydrogens is 316 g/mol. The monoisotopic (exact) mass is 348 g/mol. The lowest BCUT2D eigenvalue weighted by atomic mass is 9.86. The molecule has 5 nitrogen and oxygen atoms in total. The number of rotatable bonds is 7. The van der Waals surface area contributed by atoms with Crippen molar-refractivity contribution in [3.63, 3.8) is 0 Å². The summed E-state index contributed by atoms with van der Waals surface area (Å²) in [5.74, 6) is 0.448. The predicted molar refractivity (Wildman–Crippen MR) is 99.8 cm³/mol. The third-order valence-electron chi connectivity index (χ3n) is 5.08. The quantitative estimate of drug-likeness (QED) is 0.706. The molecule has 0 spiro atoms. The maximum Gasteiger partial charge on any atom is 0.237 e. The normalized spacial score (nSPS) is 18.1. The topological polar surface area (TPSA) is 84.6 Å². The van der Waals surface area contributed by atoms with Crippen molar-refractivity contribution in [2.24, 2.45) is 5.73 Å². The molecule has 0 bridgehead atoms. The highest BCUT2D eigenvalue weighted by Gasteiger charge is 2.39. The molecule has 1 amide bonds. The van der Waals surface area contributed by atoms with E-state index in [0.717, 1.165) is 37.0 Å². The number of β-amino-alcohol motifs (C(OH)–C–C–N with tert-alkyl or cyclic N) is 1. The lowest BCUT2D eigenvalue weighted by molar-refractivity contribution is -0.124. The van der Waals surface area contributed by atoms with Gasteiger partial charge < -0.3 is 20.9 Å². The van der Waals surface area contributed by atoms with Crippen LogP contribution in [0.4, 0.5) is 0 Å². The third kappa shape index (κ3) is 4.95. The van der Waals surface area contributed by atoms with E-state index in [4.69, 9.17) is 10.5 Å². The molecule has 0 aromatic heterocycles. The first kappa shape index (κ1) is 19.7. The van der Waals surface area contributed by atoms with Crippen LogP contribution in [0.5, 0.6) is 5.75 Å². The second-order valence-corrected chi connectivity index (χ2v) is 8.23. The number of ether oxygens (including phenoxy) is 1. The lowest BCUT2D eigenvalue weighted by Crippen LogP contribution is -2.55. The molecule has 4 N–H and O–H groups in total. The van der Waals surface area contributed by atoms with E-state index in [9.17, 15) is 9.90 Å². The summed E-state index contributed by atoms with van der Waals surface area (Å²) in [4.78, 5) is 11.7. The van der Waals surface area contributed by atoms with Crippen molar-refractivity contribution < 1.29 is 14.6 Å². The van der Waals surface area contributed by atoms with Gasteiger partial charge >= 0.3 is 0 Å². The van der Waals surface area contributed by atoms with Crippen LogP contribution in [-0.2, 0) is 10.2 Å². The molecule has 25 heavy (non-hydrogen) atoms. The number of aliphatic hydroxyl groups excluding tert-OH is 1. The third-order valence-corrected chi connectivity index (χ3v) is 5.08. The number of hydrogen-bond acceptors (Lipinski definition) is 4. The van der Waals surface area contributed by atoms with Crippen molar-refractivity contribution in [1.29, 1.82) is 0 Å². The minimum atomic E-state index is -0.696. The molecule has 0 aliphatic heterocycles. The van der Waals surface area contributed by atoms with Crippen LogP contribution >= 0.6 is 0 Å². The van der Waals surface area contributed by atoms with Crippen LogP contribution in [0.2, 0.25) is 0 Å². The largest absolute Gasteiger partial charge is 0.491 e. The average molecular weight is 348 g/mol. The maximum absolute atomic E-state index is 11.7. The van der Waals surface area contributed by atoms with Gasteiger partial charge in [-0.3, -0.25) is 4.79 Å². The number of hydrogen-bond donors (Lipinski definition) is 3. The Bertz CT molecular complexity index is 601. The first-order valence-corrected chi connectivity index (χ1v) is 9.11. The average Bonchev–Trinajstić information content (AvgIpc) is 3.01. The number of carbonyl (C=O) groups excluding carboxylic acids is 1. The highest BCUT2D eigenvalue weighted by molar-refractivity contribution is 5.85. The Morgan fingerprint density at radius 1 is 1.36 bits per heavy atom. The second kappa shape index (κ2) is 7.75. The van der Waals surface area contributed by atoms with Crippen LogP contribution in [0.15, 0.2) is 18.2 Å². The van der Waals surface area contributed by atoms with Crippen LogP contribution in [0, 0.1) is 6.92 Å². The van der Waals surface area contributed by atoms with Crippen LogP contribution in [-0.4, -0.2) is 35.8 Å². The fourth-order valence-corrected chi connectivity index (χ4v) is 3.32. The molecule has 0 radical (unpaired) electrons. The van der Waals surface area contributed by atoms with E-state index < -0.39 is 11.6 Å². The zero-order chi connectivity index (χ0) is 18.7. The van der Waals surface area contributed by atoms with E-state index in [2.05, 4.69) is 38.2 Å². The first-order chi connectivity index (χ1) is 11.6. The molecule has 0 heterocycles. The fraction of sp³-hybridized carbons (Fsp3) is 0.650. The van der Waals surface area contributed by atoms with E-state index in [0.29, 0.717) is 6.54 Å². The Hall–Kier alpha value is -1.59. The highest BCUT2D eigenvalue weighted by Crippen LogP contribution is 2.29.